The first-order valence-electron chi connectivity index (χ1n) is 9.25. The summed E-state index contributed by atoms with van der Waals surface area (Å²) < 4.78 is 58.0. The zero-order valence-electron chi connectivity index (χ0n) is 16.3. The van der Waals surface area contributed by atoms with Gasteiger partial charge in [-0.3, -0.25) is 4.55 Å². The average molecular weight is 438 g/mol. The highest BCUT2D eigenvalue weighted by atomic mass is 32.3. The molecule has 0 aromatic heterocycles. The fourth-order valence-electron chi connectivity index (χ4n) is 4.15. The highest BCUT2D eigenvalue weighted by Crippen LogP contribution is 2.51. The molecule has 4 atom stereocenters. The van der Waals surface area contributed by atoms with Crippen LogP contribution >= 0.6 is 0 Å². The van der Waals surface area contributed by atoms with Crippen LogP contribution in [0.5, 0.6) is 23.0 Å². The van der Waals surface area contributed by atoms with Crippen molar-refractivity contribution in [3.05, 3.63) is 47.5 Å². The number of hydrogen-bond donors (Lipinski definition) is 2. The Hall–Kier alpha value is -2.53. The van der Waals surface area contributed by atoms with E-state index in [0.29, 0.717) is 19.0 Å². The molecule has 0 saturated carbocycles. The quantitative estimate of drug-likeness (QED) is 0.656. The Morgan fingerprint density at radius 1 is 0.867 bits per heavy atom. The van der Waals surface area contributed by atoms with Crippen LogP contribution in [-0.4, -0.2) is 45.5 Å². The van der Waals surface area contributed by atoms with E-state index < -0.39 is 10.4 Å². The number of fused-ring (bicyclic) bond motifs is 1. The van der Waals surface area contributed by atoms with Crippen LogP contribution in [0.25, 0.3) is 0 Å². The van der Waals surface area contributed by atoms with E-state index in [2.05, 4.69) is 4.18 Å². The van der Waals surface area contributed by atoms with E-state index in [4.69, 9.17) is 23.5 Å². The molecule has 9 nitrogen and oxygen atoms in total. The number of hydrogen-bond acceptors (Lipinski definition) is 8. The second kappa shape index (κ2) is 7.95. The average Bonchev–Trinajstić information content (AvgIpc) is 3.30. The van der Waals surface area contributed by atoms with Gasteiger partial charge in [-0.05, 0) is 35.4 Å². The molecule has 10 heteroatoms. The van der Waals surface area contributed by atoms with Crippen molar-refractivity contribution in [2.45, 2.75) is 12.2 Å². The first kappa shape index (κ1) is 20.7. The predicted molar refractivity (Wildman–Crippen MR) is 104 cm³/mol. The standard InChI is InChI=1S/C20H22O9S/c1-25-17-7-11(3-5-15(17)21)19-13-9-28-20(14(13)10-27-19)12-4-6-16(18(8-12)26-2)29-30(22,23)24/h3-8,13-14,19-21H,9-10H2,1-2H3,(H,22,23,24). The highest BCUT2D eigenvalue weighted by Gasteiger charge is 2.48. The van der Waals surface area contributed by atoms with E-state index >= 15 is 0 Å². The van der Waals surface area contributed by atoms with Crippen molar-refractivity contribution in [1.82, 2.24) is 0 Å². The zero-order chi connectivity index (χ0) is 21.5. The molecule has 2 fully saturated rings. The van der Waals surface area contributed by atoms with Gasteiger partial charge in [-0.25, -0.2) is 0 Å². The Labute approximate surface area is 174 Å². The minimum Gasteiger partial charge on any atom is -0.504 e. The first-order chi connectivity index (χ1) is 14.3. The van der Waals surface area contributed by atoms with Crippen LogP contribution in [0.3, 0.4) is 0 Å². The molecule has 30 heavy (non-hydrogen) atoms. The van der Waals surface area contributed by atoms with E-state index in [1.54, 1.807) is 24.3 Å². The molecule has 0 spiro atoms. The molecule has 0 radical (unpaired) electrons. The van der Waals surface area contributed by atoms with Gasteiger partial charge in [-0.1, -0.05) is 12.1 Å². The fourth-order valence-corrected chi connectivity index (χ4v) is 4.51. The Kier molecular flexibility index (Phi) is 5.49. The van der Waals surface area contributed by atoms with Crippen molar-refractivity contribution in [2.24, 2.45) is 11.8 Å². The van der Waals surface area contributed by atoms with Gasteiger partial charge in [-0.15, -0.1) is 0 Å². The number of aromatic hydroxyl groups is 1. The Balaban J connectivity index is 1.56. The topological polar surface area (TPSA) is 121 Å². The summed E-state index contributed by atoms with van der Waals surface area (Å²) in [6, 6.07) is 9.87. The third kappa shape index (κ3) is 3.91. The summed E-state index contributed by atoms with van der Waals surface area (Å²) in [6.45, 7) is 0.962. The van der Waals surface area contributed by atoms with Gasteiger partial charge in [0.05, 0.1) is 39.6 Å². The van der Waals surface area contributed by atoms with Crippen molar-refractivity contribution in [3.63, 3.8) is 0 Å². The SMILES string of the molecule is COc1cc(C2OCC3C(c4ccc(OS(=O)(=O)O)c(OC)c4)OCC23)ccc1O. The van der Waals surface area contributed by atoms with E-state index in [-0.39, 0.29) is 41.3 Å². The summed E-state index contributed by atoms with van der Waals surface area (Å²) in [5, 5.41) is 9.83. The number of phenols is 1. The van der Waals surface area contributed by atoms with Gasteiger partial charge in [0.2, 0.25) is 0 Å². The smallest absolute Gasteiger partial charge is 0.446 e. The van der Waals surface area contributed by atoms with Crippen LogP contribution in [0.2, 0.25) is 0 Å². The molecule has 0 bridgehead atoms. The Morgan fingerprint density at radius 3 is 1.93 bits per heavy atom. The van der Waals surface area contributed by atoms with Crippen molar-refractivity contribution >= 4 is 10.4 Å². The monoisotopic (exact) mass is 438 g/mol. The minimum atomic E-state index is -4.66. The lowest BCUT2D eigenvalue weighted by atomic mass is 9.85. The number of benzene rings is 2. The second-order valence-corrected chi connectivity index (χ2v) is 8.21. The third-order valence-corrected chi connectivity index (χ3v) is 5.90. The Bertz CT molecular complexity index is 1040. The number of methoxy groups -OCH3 is 2. The molecule has 0 amide bonds. The maximum absolute atomic E-state index is 11.0. The summed E-state index contributed by atoms with van der Waals surface area (Å²) in [5.74, 6) is 0.674. The molecule has 0 aliphatic carbocycles. The van der Waals surface area contributed by atoms with Crippen LogP contribution in [0, 0.1) is 11.8 Å². The van der Waals surface area contributed by atoms with Crippen LogP contribution in [0.15, 0.2) is 36.4 Å². The number of phenolic OH excluding ortho intramolecular Hbond substituents is 1. The van der Waals surface area contributed by atoms with Gasteiger partial charge in [-0.2, -0.15) is 8.42 Å². The fraction of sp³-hybridized carbons (Fsp3) is 0.400. The molecular weight excluding hydrogens is 416 g/mol. The molecule has 2 aromatic carbocycles. The molecule has 2 N–H and O–H groups in total. The highest BCUT2D eigenvalue weighted by molar-refractivity contribution is 7.81. The van der Waals surface area contributed by atoms with Gasteiger partial charge < -0.3 is 28.2 Å². The summed E-state index contributed by atoms with van der Waals surface area (Å²) in [6.07, 6.45) is -0.466. The van der Waals surface area contributed by atoms with Crippen LogP contribution < -0.4 is 13.7 Å². The van der Waals surface area contributed by atoms with Gasteiger partial charge >= 0.3 is 10.4 Å². The van der Waals surface area contributed by atoms with Crippen LogP contribution in [0.4, 0.5) is 0 Å². The van der Waals surface area contributed by atoms with Crippen LogP contribution in [0.1, 0.15) is 23.3 Å². The van der Waals surface area contributed by atoms with E-state index in [0.717, 1.165) is 11.1 Å². The lowest BCUT2D eigenvalue weighted by molar-refractivity contribution is 0.0191. The molecule has 162 valence electrons. The minimum absolute atomic E-state index is 0.0654. The maximum Gasteiger partial charge on any atom is 0.446 e. The first-order valence-corrected chi connectivity index (χ1v) is 10.6. The number of rotatable bonds is 6. The van der Waals surface area contributed by atoms with Gasteiger partial charge in [0.25, 0.3) is 0 Å². The third-order valence-electron chi connectivity index (χ3n) is 5.51. The molecule has 2 aliphatic heterocycles. The van der Waals surface area contributed by atoms with E-state index in [9.17, 15) is 13.5 Å². The van der Waals surface area contributed by atoms with Crippen molar-refractivity contribution < 1.29 is 41.2 Å². The molecular formula is C20H22O9S. The second-order valence-electron chi connectivity index (χ2n) is 7.19. The van der Waals surface area contributed by atoms with Crippen molar-refractivity contribution in [3.8, 4) is 23.0 Å². The van der Waals surface area contributed by atoms with Gasteiger partial charge in [0.1, 0.15) is 0 Å². The summed E-state index contributed by atoms with van der Waals surface area (Å²) in [4.78, 5) is 0. The lowest BCUT2D eigenvalue weighted by Crippen LogP contribution is -2.15. The van der Waals surface area contributed by atoms with E-state index in [1.807, 2.05) is 6.07 Å². The Morgan fingerprint density at radius 2 is 1.40 bits per heavy atom. The van der Waals surface area contributed by atoms with Gasteiger partial charge in [0, 0.05) is 11.8 Å². The zero-order valence-corrected chi connectivity index (χ0v) is 17.2. The molecule has 2 saturated heterocycles. The number of ether oxygens (including phenoxy) is 4. The summed E-state index contributed by atoms with van der Waals surface area (Å²) in [7, 11) is -1.79. The molecule has 4 unspecified atom stereocenters. The normalized spacial score (nSPS) is 25.7. The lowest BCUT2D eigenvalue weighted by Gasteiger charge is -2.18. The predicted octanol–water partition coefficient (Wildman–Crippen LogP) is 2.67. The molecule has 2 aromatic rings. The largest absolute Gasteiger partial charge is 0.504 e. The van der Waals surface area contributed by atoms with Gasteiger partial charge in [0.15, 0.2) is 23.0 Å². The van der Waals surface area contributed by atoms with Crippen molar-refractivity contribution in [1.29, 1.82) is 0 Å². The summed E-state index contributed by atoms with van der Waals surface area (Å²) in [5.41, 5.74) is 1.69. The summed E-state index contributed by atoms with van der Waals surface area (Å²) >= 11 is 0. The molecule has 2 aliphatic rings. The van der Waals surface area contributed by atoms with E-state index in [1.165, 1.54) is 20.3 Å². The molecule has 2 heterocycles. The maximum atomic E-state index is 11.0. The van der Waals surface area contributed by atoms with Crippen LogP contribution in [-0.2, 0) is 19.9 Å². The molecule has 4 rings (SSSR count). The van der Waals surface area contributed by atoms with Crippen molar-refractivity contribution in [2.75, 3.05) is 27.4 Å².